The molecule has 2 fully saturated rings. The van der Waals surface area contributed by atoms with E-state index in [4.69, 9.17) is 51.7 Å². The van der Waals surface area contributed by atoms with Crippen molar-refractivity contribution in [1.82, 2.24) is 0 Å². The summed E-state index contributed by atoms with van der Waals surface area (Å²) in [5, 5.41) is 0. The first-order valence-electron chi connectivity index (χ1n) is 17.6. The van der Waals surface area contributed by atoms with Crippen molar-refractivity contribution >= 4 is 43.6 Å². The molecule has 0 saturated carbocycles. The lowest BCUT2D eigenvalue weighted by Gasteiger charge is -2.48. The molecule has 54 heavy (non-hydrogen) atoms. The number of ether oxygens (including phenoxy) is 9. The van der Waals surface area contributed by atoms with Gasteiger partial charge in [-0.25, -0.2) is 4.57 Å². The first-order chi connectivity index (χ1) is 25.3. The molecule has 0 aliphatic carbocycles. The summed E-state index contributed by atoms with van der Waals surface area (Å²) in [6.45, 7) is 10.7. The molecule has 0 radical (unpaired) electrons. The number of unbranched alkanes of at least 4 members (excludes halogenated alkanes) is 6. The van der Waals surface area contributed by atoms with Crippen LogP contribution in [0, 0.1) is 0 Å². The van der Waals surface area contributed by atoms with Crippen molar-refractivity contribution in [2.75, 3.05) is 13.2 Å². The third-order valence-electron chi connectivity index (χ3n) is 7.86. The van der Waals surface area contributed by atoms with Crippen LogP contribution in [0.5, 0.6) is 0 Å². The average Bonchev–Trinajstić information content (AvgIpc) is 3.04. The van der Waals surface area contributed by atoms with E-state index in [1.807, 2.05) is 6.08 Å². The fourth-order valence-corrected chi connectivity index (χ4v) is 6.63. The third-order valence-corrected chi connectivity index (χ3v) is 8.85. The van der Waals surface area contributed by atoms with Gasteiger partial charge < -0.3 is 47.5 Å². The molecule has 2 aliphatic heterocycles. The minimum Gasteiger partial charge on any atom is -0.463 e. The van der Waals surface area contributed by atoms with Crippen molar-refractivity contribution in [3.8, 4) is 0 Å². The molecule has 0 spiro atoms. The molecule has 1 N–H and O–H groups in total. The second-order valence-corrected chi connectivity index (χ2v) is 14.0. The number of carbonyl (C=O) groups excluding carboxylic acids is 6. The predicted molar refractivity (Wildman–Crippen MR) is 182 cm³/mol. The van der Waals surface area contributed by atoms with Crippen molar-refractivity contribution in [2.45, 2.75) is 155 Å². The highest BCUT2D eigenvalue weighted by atomic mass is 31.2. The van der Waals surface area contributed by atoms with Crippen LogP contribution in [0.25, 0.3) is 0 Å². The number of allylic oxidation sites excluding steroid dienone is 1. The smallest absolute Gasteiger partial charge is 0.463 e. The van der Waals surface area contributed by atoms with Gasteiger partial charge in [0, 0.05) is 41.5 Å². The molecule has 0 amide bonds. The van der Waals surface area contributed by atoms with Gasteiger partial charge in [-0.1, -0.05) is 31.8 Å². The second kappa shape index (κ2) is 22.8. The maximum atomic E-state index is 13.0. The van der Waals surface area contributed by atoms with Gasteiger partial charge in [0.2, 0.25) is 6.29 Å². The molecule has 2 aliphatic rings. The zero-order valence-electron chi connectivity index (χ0n) is 31.7. The summed E-state index contributed by atoms with van der Waals surface area (Å²) in [6, 6.07) is 0. The number of hydrogen-bond donors (Lipinski definition) is 1. The van der Waals surface area contributed by atoms with E-state index in [1.54, 1.807) is 0 Å². The fraction of sp³-hybridized carbons (Fsp3) is 0.765. The van der Waals surface area contributed by atoms with Gasteiger partial charge in [0.15, 0.2) is 36.8 Å². The Bertz CT molecular complexity index is 1340. The summed E-state index contributed by atoms with van der Waals surface area (Å²) in [6.07, 6.45) is -7.97. The van der Waals surface area contributed by atoms with Crippen LogP contribution in [0.15, 0.2) is 12.7 Å². The summed E-state index contributed by atoms with van der Waals surface area (Å²) < 4.78 is 73.8. The monoisotopic (exact) mass is 796 g/mol. The summed E-state index contributed by atoms with van der Waals surface area (Å²) in [4.78, 5) is 83.7. The van der Waals surface area contributed by atoms with Crippen LogP contribution < -0.4 is 0 Å². The van der Waals surface area contributed by atoms with Crippen LogP contribution in [-0.4, -0.2) is 115 Å². The topological polar surface area (TPSA) is 241 Å². The predicted octanol–water partition coefficient (Wildman–Crippen LogP) is 3.11. The van der Waals surface area contributed by atoms with Gasteiger partial charge in [-0.05, 0) is 26.2 Å². The van der Waals surface area contributed by atoms with E-state index in [0.717, 1.165) is 80.1 Å². The molecule has 20 heteroatoms. The lowest BCUT2D eigenvalue weighted by molar-refractivity contribution is -0.352. The van der Waals surface area contributed by atoms with E-state index < -0.39 is 112 Å². The van der Waals surface area contributed by atoms with Gasteiger partial charge in [0.05, 0.1) is 12.7 Å². The molecule has 19 nitrogen and oxygen atoms in total. The largest absolute Gasteiger partial charge is 0.474 e. The number of phosphoric ester groups is 1. The van der Waals surface area contributed by atoms with Crippen LogP contribution >= 0.6 is 7.82 Å². The molecular weight excluding hydrogens is 743 g/mol. The van der Waals surface area contributed by atoms with E-state index in [2.05, 4.69) is 6.58 Å². The maximum absolute atomic E-state index is 13.0. The zero-order valence-corrected chi connectivity index (χ0v) is 32.6. The number of hydrogen-bond acceptors (Lipinski definition) is 18. The van der Waals surface area contributed by atoms with Crippen molar-refractivity contribution in [3.05, 3.63) is 12.7 Å². The lowest BCUT2D eigenvalue weighted by atomic mass is 9.96. The molecule has 2 heterocycles. The maximum Gasteiger partial charge on any atom is 0.474 e. The zero-order chi connectivity index (χ0) is 40.6. The summed E-state index contributed by atoms with van der Waals surface area (Å²) in [7, 11) is -4.87. The van der Waals surface area contributed by atoms with E-state index >= 15 is 0 Å². The van der Waals surface area contributed by atoms with E-state index in [9.17, 15) is 38.2 Å². The normalized spacial score (nSPS) is 29.1. The first-order valence-corrected chi connectivity index (χ1v) is 19.1. The van der Waals surface area contributed by atoms with Gasteiger partial charge in [0.25, 0.3) is 0 Å². The molecule has 11 atom stereocenters. The highest BCUT2D eigenvalue weighted by molar-refractivity contribution is 7.47. The van der Waals surface area contributed by atoms with Crippen LogP contribution in [0.1, 0.15) is 93.4 Å². The lowest BCUT2D eigenvalue weighted by Crippen LogP contribution is -2.66. The Morgan fingerprint density at radius 1 is 0.630 bits per heavy atom. The summed E-state index contributed by atoms with van der Waals surface area (Å²) in [5.41, 5.74) is 0. The Balaban J connectivity index is 2.42. The number of phosphoric acid groups is 1. The molecule has 2 saturated heterocycles. The quantitative estimate of drug-likeness (QED) is 0.0577. The molecule has 0 bridgehead atoms. The minimum absolute atomic E-state index is 0.136. The summed E-state index contributed by atoms with van der Waals surface area (Å²) in [5.74, 6) is -5.24. The van der Waals surface area contributed by atoms with Gasteiger partial charge >= 0.3 is 43.6 Å². The van der Waals surface area contributed by atoms with E-state index in [0.29, 0.717) is 6.42 Å². The number of esters is 6. The standard InChI is InChI=1S/C34H53O19P/c1-9-10-11-12-13-14-15-16-17-44-54(41,42)53-34-32(50-25(8)40)29(47-22(5)37)27(19(2)45-34)52-33-31(49-24(7)39)30(48-23(6)38)28(46-21(4)36)26(51-33)18-43-20(3)35/h9,19,26-34H,1,10-18H2,2-8H3,(H,41,42)/t19-,26-,27-,28+,29+,30+,31-,32+,33+,34-/m1/s1. The Labute approximate surface area is 314 Å². The number of rotatable bonds is 21. The molecule has 0 aromatic heterocycles. The van der Waals surface area contributed by atoms with Crippen LogP contribution in [0.3, 0.4) is 0 Å². The van der Waals surface area contributed by atoms with Crippen molar-refractivity contribution in [1.29, 1.82) is 0 Å². The van der Waals surface area contributed by atoms with Crippen molar-refractivity contribution in [3.63, 3.8) is 0 Å². The highest BCUT2D eigenvalue weighted by Crippen LogP contribution is 2.47. The molecule has 0 aromatic rings. The van der Waals surface area contributed by atoms with Gasteiger partial charge in [-0.2, -0.15) is 0 Å². The van der Waals surface area contributed by atoms with Crippen LogP contribution in [0.2, 0.25) is 0 Å². The summed E-state index contributed by atoms with van der Waals surface area (Å²) >= 11 is 0. The molecular formula is C34H53O19P. The minimum atomic E-state index is -4.87. The SMILES string of the molecule is C=CCCCCCCCCOP(=O)(O)O[C@H]1O[C@H](C)[C@@H](O[C@@H]2O[C@H](COC(C)=O)[C@H](OC(C)=O)[C@H](OC(C)=O)[C@H]2OC(C)=O)[C@H](OC(C)=O)[C@@H]1OC(C)=O. The Kier molecular flexibility index (Phi) is 19.7. The Morgan fingerprint density at radius 2 is 1.09 bits per heavy atom. The van der Waals surface area contributed by atoms with Crippen molar-refractivity contribution in [2.24, 2.45) is 0 Å². The molecule has 308 valence electrons. The van der Waals surface area contributed by atoms with E-state index in [-0.39, 0.29) is 6.61 Å². The average molecular weight is 797 g/mol. The molecule has 1 unspecified atom stereocenters. The number of carbonyl (C=O) groups is 6. The van der Waals surface area contributed by atoms with Crippen molar-refractivity contribution < 1.29 is 89.9 Å². The Morgan fingerprint density at radius 3 is 1.61 bits per heavy atom. The molecule has 2 rings (SSSR count). The van der Waals surface area contributed by atoms with Gasteiger partial charge in [-0.3, -0.25) is 37.8 Å². The van der Waals surface area contributed by atoms with Crippen LogP contribution in [-0.2, 0) is 85.0 Å². The Hall–Kier alpha value is -3.45. The van der Waals surface area contributed by atoms with Gasteiger partial charge in [-0.15, -0.1) is 6.58 Å². The second-order valence-electron chi connectivity index (χ2n) is 12.6. The van der Waals surface area contributed by atoms with Gasteiger partial charge in [0.1, 0.15) is 18.8 Å². The molecule has 0 aromatic carbocycles. The fourth-order valence-electron chi connectivity index (χ4n) is 5.78. The van der Waals surface area contributed by atoms with E-state index in [1.165, 1.54) is 6.92 Å². The van der Waals surface area contributed by atoms with Crippen LogP contribution in [0.4, 0.5) is 0 Å². The first kappa shape index (κ1) is 46.7. The highest BCUT2D eigenvalue weighted by Gasteiger charge is 2.57. The third kappa shape index (κ3) is 16.1.